The number of aliphatic hydroxyl groups is 1. The highest BCUT2D eigenvalue weighted by Gasteiger charge is 2.47. The first-order chi connectivity index (χ1) is 15.2. The third kappa shape index (κ3) is 3.56. The third-order valence-electron chi connectivity index (χ3n) is 6.20. The molecule has 32 heavy (non-hydrogen) atoms. The van der Waals surface area contributed by atoms with Gasteiger partial charge in [0.1, 0.15) is 11.5 Å². The number of phenols is 1. The van der Waals surface area contributed by atoms with Crippen LogP contribution in [0.15, 0.2) is 66.2 Å². The molecule has 1 unspecified atom stereocenters. The van der Waals surface area contributed by atoms with Gasteiger partial charge in [-0.3, -0.25) is 14.5 Å². The number of aromatic hydroxyl groups is 1. The third-order valence-corrected chi connectivity index (χ3v) is 6.20. The van der Waals surface area contributed by atoms with Gasteiger partial charge in [0.15, 0.2) is 0 Å². The first kappa shape index (κ1) is 21.4. The van der Waals surface area contributed by atoms with Gasteiger partial charge >= 0.3 is 0 Å². The van der Waals surface area contributed by atoms with Crippen molar-refractivity contribution in [1.82, 2.24) is 0 Å². The molecule has 162 valence electrons. The van der Waals surface area contributed by atoms with E-state index in [0.29, 0.717) is 16.8 Å². The van der Waals surface area contributed by atoms with Gasteiger partial charge in [0.25, 0.3) is 11.7 Å². The fraction of sp³-hybridized carbons (Fsp3) is 0.185. The maximum Gasteiger partial charge on any atom is 0.300 e. The highest BCUT2D eigenvalue weighted by molar-refractivity contribution is 6.51. The Bertz CT molecular complexity index is 1270. The summed E-state index contributed by atoms with van der Waals surface area (Å²) in [5.41, 5.74) is 5.80. The molecule has 1 atom stereocenters. The summed E-state index contributed by atoms with van der Waals surface area (Å²) in [7, 11) is 0. The Hall–Kier alpha value is -3.86. The van der Waals surface area contributed by atoms with E-state index in [0.717, 1.165) is 22.3 Å². The first-order valence-corrected chi connectivity index (χ1v) is 10.4. The number of benzene rings is 3. The second-order valence-electron chi connectivity index (χ2n) is 8.33. The molecule has 0 aromatic heterocycles. The van der Waals surface area contributed by atoms with E-state index in [2.05, 4.69) is 0 Å². The second-order valence-corrected chi connectivity index (χ2v) is 8.33. The van der Waals surface area contributed by atoms with Crippen LogP contribution in [0.4, 0.5) is 5.69 Å². The second kappa shape index (κ2) is 8.00. The van der Waals surface area contributed by atoms with Crippen LogP contribution in [0, 0.1) is 27.7 Å². The molecule has 1 aliphatic rings. The first-order valence-electron chi connectivity index (χ1n) is 10.4. The summed E-state index contributed by atoms with van der Waals surface area (Å²) in [4.78, 5) is 27.8. The Morgan fingerprint density at radius 3 is 1.97 bits per heavy atom. The molecule has 5 nitrogen and oxygen atoms in total. The molecule has 3 aromatic rings. The molecule has 0 saturated carbocycles. The van der Waals surface area contributed by atoms with E-state index in [-0.39, 0.29) is 17.1 Å². The standard InChI is InChI=1S/C27H25NO4/c1-15-5-7-20(13-17(15)3)25(30)23-24(19-8-11-22(29)12-9-19)28(27(32)26(23)31)21-10-6-16(2)18(4)14-21/h5-14,24,29-30H,1-4H3/b25-23+. The zero-order chi connectivity index (χ0) is 23.2. The van der Waals surface area contributed by atoms with E-state index >= 15 is 0 Å². The Morgan fingerprint density at radius 1 is 0.781 bits per heavy atom. The minimum atomic E-state index is -0.820. The molecule has 1 saturated heterocycles. The van der Waals surface area contributed by atoms with Crippen LogP contribution >= 0.6 is 0 Å². The van der Waals surface area contributed by atoms with E-state index in [1.807, 2.05) is 52.0 Å². The summed E-state index contributed by atoms with van der Waals surface area (Å²) < 4.78 is 0. The average Bonchev–Trinajstić information content (AvgIpc) is 3.03. The van der Waals surface area contributed by atoms with Gasteiger partial charge in [-0.1, -0.05) is 30.3 Å². The lowest BCUT2D eigenvalue weighted by Crippen LogP contribution is -2.29. The Morgan fingerprint density at radius 2 is 1.38 bits per heavy atom. The molecule has 1 heterocycles. The number of amides is 1. The van der Waals surface area contributed by atoms with Crippen molar-refractivity contribution in [2.75, 3.05) is 4.90 Å². The summed E-state index contributed by atoms with van der Waals surface area (Å²) in [5, 5.41) is 21.0. The normalized spacial score (nSPS) is 17.8. The number of nitrogens with zero attached hydrogens (tertiary/aromatic N) is 1. The number of anilines is 1. The maximum atomic E-state index is 13.2. The number of hydrogen-bond acceptors (Lipinski definition) is 4. The topological polar surface area (TPSA) is 77.8 Å². The van der Waals surface area contributed by atoms with E-state index < -0.39 is 17.7 Å². The Balaban J connectivity index is 1.96. The minimum Gasteiger partial charge on any atom is -0.508 e. The largest absolute Gasteiger partial charge is 0.508 e. The van der Waals surface area contributed by atoms with Gasteiger partial charge in [-0.05, 0) is 85.8 Å². The number of hydrogen-bond donors (Lipinski definition) is 2. The van der Waals surface area contributed by atoms with Crippen LogP contribution < -0.4 is 4.90 Å². The summed E-state index contributed by atoms with van der Waals surface area (Å²) in [6, 6.07) is 16.5. The van der Waals surface area contributed by atoms with Crippen LogP contribution in [0.3, 0.4) is 0 Å². The summed E-state index contributed by atoms with van der Waals surface area (Å²) in [6.07, 6.45) is 0. The van der Waals surface area contributed by atoms with Crippen LogP contribution in [0.1, 0.15) is 39.4 Å². The van der Waals surface area contributed by atoms with Gasteiger partial charge in [-0.15, -0.1) is 0 Å². The van der Waals surface area contributed by atoms with E-state index in [9.17, 15) is 19.8 Å². The lowest BCUT2D eigenvalue weighted by atomic mass is 9.94. The molecule has 5 heteroatoms. The molecule has 0 aliphatic carbocycles. The van der Waals surface area contributed by atoms with Crippen LogP contribution in [-0.4, -0.2) is 21.9 Å². The number of aryl methyl sites for hydroxylation is 4. The fourth-order valence-electron chi connectivity index (χ4n) is 3.99. The highest BCUT2D eigenvalue weighted by Crippen LogP contribution is 2.42. The lowest BCUT2D eigenvalue weighted by molar-refractivity contribution is -0.132. The van der Waals surface area contributed by atoms with Crippen molar-refractivity contribution in [2.45, 2.75) is 33.7 Å². The molecule has 0 spiro atoms. The van der Waals surface area contributed by atoms with Crippen LogP contribution in [0.5, 0.6) is 5.75 Å². The van der Waals surface area contributed by atoms with Crippen molar-refractivity contribution in [3.63, 3.8) is 0 Å². The van der Waals surface area contributed by atoms with Gasteiger partial charge in [-0.2, -0.15) is 0 Å². The minimum absolute atomic E-state index is 0.0298. The van der Waals surface area contributed by atoms with E-state index in [4.69, 9.17) is 0 Å². The lowest BCUT2D eigenvalue weighted by Gasteiger charge is -2.26. The molecule has 1 aliphatic heterocycles. The zero-order valence-electron chi connectivity index (χ0n) is 18.5. The van der Waals surface area contributed by atoms with Crippen molar-refractivity contribution in [1.29, 1.82) is 0 Å². The molecular formula is C27H25NO4. The fourth-order valence-corrected chi connectivity index (χ4v) is 3.99. The van der Waals surface area contributed by atoms with Gasteiger partial charge in [-0.25, -0.2) is 0 Å². The molecule has 0 radical (unpaired) electrons. The maximum absolute atomic E-state index is 13.2. The van der Waals surface area contributed by atoms with Gasteiger partial charge < -0.3 is 10.2 Å². The Kier molecular flexibility index (Phi) is 5.35. The van der Waals surface area contributed by atoms with Crippen molar-refractivity contribution in [2.24, 2.45) is 0 Å². The van der Waals surface area contributed by atoms with Crippen molar-refractivity contribution in [3.8, 4) is 5.75 Å². The molecule has 2 N–H and O–H groups in total. The van der Waals surface area contributed by atoms with Gasteiger partial charge in [0.05, 0.1) is 11.6 Å². The van der Waals surface area contributed by atoms with Crippen molar-refractivity contribution in [3.05, 3.63) is 99.6 Å². The van der Waals surface area contributed by atoms with Crippen LogP contribution in [0.2, 0.25) is 0 Å². The SMILES string of the molecule is Cc1ccc(/C(O)=C2\C(=O)C(=O)N(c3ccc(C)c(C)c3)C2c2ccc(O)cc2)cc1C. The molecule has 4 rings (SSSR count). The van der Waals surface area contributed by atoms with Crippen LogP contribution in [0.25, 0.3) is 5.76 Å². The molecule has 1 fully saturated rings. The van der Waals surface area contributed by atoms with E-state index in [1.54, 1.807) is 24.3 Å². The average molecular weight is 428 g/mol. The number of carbonyl (C=O) groups is 2. The number of carbonyl (C=O) groups excluding carboxylic acids is 2. The number of Topliss-reactive ketones (excluding diaryl/α,β-unsaturated/α-hetero) is 1. The highest BCUT2D eigenvalue weighted by atomic mass is 16.3. The summed E-state index contributed by atoms with van der Waals surface area (Å²) >= 11 is 0. The molecular weight excluding hydrogens is 402 g/mol. The predicted octanol–water partition coefficient (Wildman–Crippen LogP) is 5.25. The van der Waals surface area contributed by atoms with E-state index in [1.165, 1.54) is 17.0 Å². The van der Waals surface area contributed by atoms with Crippen LogP contribution in [-0.2, 0) is 9.59 Å². The monoisotopic (exact) mass is 427 g/mol. The number of aliphatic hydroxyl groups excluding tert-OH is 1. The smallest absolute Gasteiger partial charge is 0.300 e. The Labute approximate surface area is 187 Å². The summed E-state index contributed by atoms with van der Waals surface area (Å²) in [6.45, 7) is 7.82. The number of ketones is 1. The number of phenolic OH excluding ortho intramolecular Hbond substituents is 1. The van der Waals surface area contributed by atoms with Crippen molar-refractivity contribution >= 4 is 23.1 Å². The zero-order valence-corrected chi connectivity index (χ0v) is 18.5. The molecule has 3 aromatic carbocycles. The molecule has 0 bridgehead atoms. The number of rotatable bonds is 3. The molecule has 1 amide bonds. The quantitative estimate of drug-likeness (QED) is 0.340. The van der Waals surface area contributed by atoms with Gasteiger partial charge in [0.2, 0.25) is 0 Å². The predicted molar refractivity (Wildman–Crippen MR) is 125 cm³/mol. The van der Waals surface area contributed by atoms with Crippen molar-refractivity contribution < 1.29 is 19.8 Å². The van der Waals surface area contributed by atoms with Gasteiger partial charge in [0, 0.05) is 11.3 Å². The summed E-state index contributed by atoms with van der Waals surface area (Å²) in [5.74, 6) is -1.57.